The van der Waals surface area contributed by atoms with Gasteiger partial charge in [0, 0.05) is 6.07 Å². The van der Waals surface area contributed by atoms with Crippen LogP contribution in [0.3, 0.4) is 0 Å². The summed E-state index contributed by atoms with van der Waals surface area (Å²) in [7, 11) is 0. The van der Waals surface area contributed by atoms with E-state index >= 15 is 0 Å². The van der Waals surface area contributed by atoms with E-state index in [9.17, 15) is 10.1 Å². The summed E-state index contributed by atoms with van der Waals surface area (Å²) in [5.74, 6) is 0. The zero-order valence-corrected chi connectivity index (χ0v) is 6.81. The van der Waals surface area contributed by atoms with Crippen LogP contribution in [0, 0.1) is 17.0 Å². The van der Waals surface area contributed by atoms with Crippen LogP contribution in [0.2, 0.25) is 0 Å². The number of aryl methyl sites for hydroxylation is 1. The van der Waals surface area contributed by atoms with Gasteiger partial charge in [-0.1, -0.05) is 0 Å². The molecule has 0 aliphatic rings. The number of nitrogens with zero attached hydrogens (tertiary/aromatic N) is 3. The summed E-state index contributed by atoms with van der Waals surface area (Å²) in [6.45, 7) is 1.59. The molecule has 0 bridgehead atoms. The molecule has 1 N–H and O–H groups in total. The molecular formula is C7H6N4O2. The van der Waals surface area contributed by atoms with Crippen LogP contribution in [0.5, 0.6) is 0 Å². The number of hydrogen-bond donors (Lipinski definition) is 1. The van der Waals surface area contributed by atoms with E-state index in [-0.39, 0.29) is 5.69 Å². The first-order valence-electron chi connectivity index (χ1n) is 3.63. The summed E-state index contributed by atoms with van der Waals surface area (Å²) in [5, 5.41) is 10.5. The van der Waals surface area contributed by atoms with Gasteiger partial charge >= 0.3 is 0 Å². The zero-order chi connectivity index (χ0) is 9.42. The lowest BCUT2D eigenvalue weighted by Crippen LogP contribution is -1.94. The van der Waals surface area contributed by atoms with Gasteiger partial charge in [-0.2, -0.15) is 0 Å². The Morgan fingerprint density at radius 3 is 3.08 bits per heavy atom. The molecule has 2 heterocycles. The van der Waals surface area contributed by atoms with Crippen LogP contribution >= 0.6 is 0 Å². The van der Waals surface area contributed by atoms with Gasteiger partial charge in [0.05, 0.1) is 16.8 Å². The van der Waals surface area contributed by atoms with Gasteiger partial charge in [-0.25, -0.2) is 9.97 Å². The first-order chi connectivity index (χ1) is 6.18. The molecule has 0 unspecified atom stereocenters. The van der Waals surface area contributed by atoms with Crippen LogP contribution < -0.4 is 0 Å². The van der Waals surface area contributed by atoms with Gasteiger partial charge in [-0.05, 0) is 6.92 Å². The fourth-order valence-electron chi connectivity index (χ4n) is 1.13. The second kappa shape index (κ2) is 2.51. The Labute approximate surface area is 72.8 Å². The lowest BCUT2D eigenvalue weighted by atomic mass is 10.3. The van der Waals surface area contributed by atoms with E-state index in [1.54, 1.807) is 6.92 Å². The van der Waals surface area contributed by atoms with Crippen molar-refractivity contribution in [1.29, 1.82) is 0 Å². The maximum atomic E-state index is 10.5. The number of rotatable bonds is 1. The molecule has 0 fully saturated rings. The van der Waals surface area contributed by atoms with Gasteiger partial charge in [-0.15, -0.1) is 0 Å². The van der Waals surface area contributed by atoms with E-state index < -0.39 is 4.92 Å². The van der Waals surface area contributed by atoms with Crippen molar-refractivity contribution in [3.05, 3.63) is 28.2 Å². The number of H-pyrrole nitrogens is 1. The standard InChI is InChI=1S/C7H6N4O2/c1-4-6(11(12)13)2-5-7(10-4)9-3-8-5/h2-3H,1H3,(H,8,9,10). The highest BCUT2D eigenvalue weighted by atomic mass is 16.6. The number of nitro groups is 1. The maximum Gasteiger partial charge on any atom is 0.292 e. The van der Waals surface area contributed by atoms with Crippen LogP contribution in [0.4, 0.5) is 5.69 Å². The average molecular weight is 178 g/mol. The number of pyridine rings is 1. The van der Waals surface area contributed by atoms with Crippen molar-refractivity contribution in [1.82, 2.24) is 15.0 Å². The van der Waals surface area contributed by atoms with Crippen molar-refractivity contribution < 1.29 is 4.92 Å². The van der Waals surface area contributed by atoms with Crippen LogP contribution in [0.15, 0.2) is 12.4 Å². The molecule has 0 saturated heterocycles. The molecule has 2 aromatic rings. The summed E-state index contributed by atoms with van der Waals surface area (Å²) in [5.41, 5.74) is 1.47. The molecule has 6 nitrogen and oxygen atoms in total. The molecule has 2 rings (SSSR count). The fraction of sp³-hybridized carbons (Fsp3) is 0.143. The van der Waals surface area contributed by atoms with Crippen molar-refractivity contribution in [3.8, 4) is 0 Å². The molecule has 0 saturated carbocycles. The molecule has 0 amide bonds. The van der Waals surface area contributed by atoms with Gasteiger partial charge in [0.2, 0.25) is 0 Å². The lowest BCUT2D eigenvalue weighted by molar-refractivity contribution is -0.385. The Kier molecular flexibility index (Phi) is 1.48. The number of nitrogens with one attached hydrogen (secondary N) is 1. The molecule has 0 spiro atoms. The van der Waals surface area contributed by atoms with Gasteiger partial charge < -0.3 is 4.98 Å². The fourth-order valence-corrected chi connectivity index (χ4v) is 1.13. The summed E-state index contributed by atoms with van der Waals surface area (Å²) in [4.78, 5) is 20.7. The third-order valence-corrected chi connectivity index (χ3v) is 1.77. The van der Waals surface area contributed by atoms with Crippen molar-refractivity contribution in [2.75, 3.05) is 0 Å². The van der Waals surface area contributed by atoms with E-state index in [0.717, 1.165) is 0 Å². The Balaban J connectivity index is 2.76. The molecule has 0 atom stereocenters. The number of hydrogen-bond acceptors (Lipinski definition) is 4. The highest BCUT2D eigenvalue weighted by molar-refractivity contribution is 5.73. The highest BCUT2D eigenvalue weighted by Crippen LogP contribution is 2.19. The van der Waals surface area contributed by atoms with Crippen LogP contribution in [0.1, 0.15) is 5.69 Å². The number of aromatic amines is 1. The monoisotopic (exact) mass is 178 g/mol. The number of imidazole rings is 1. The van der Waals surface area contributed by atoms with Gasteiger partial charge in [-0.3, -0.25) is 10.1 Å². The minimum atomic E-state index is -0.456. The van der Waals surface area contributed by atoms with Crippen molar-refractivity contribution in [3.63, 3.8) is 0 Å². The lowest BCUT2D eigenvalue weighted by Gasteiger charge is -1.94. The summed E-state index contributed by atoms with van der Waals surface area (Å²) >= 11 is 0. The SMILES string of the molecule is Cc1nc2nc[nH]c2cc1[N+](=O)[O-]. The molecular weight excluding hydrogens is 172 g/mol. The summed E-state index contributed by atoms with van der Waals surface area (Å²) in [6.07, 6.45) is 1.46. The van der Waals surface area contributed by atoms with E-state index in [4.69, 9.17) is 0 Å². The number of fused-ring (bicyclic) bond motifs is 1. The highest BCUT2D eigenvalue weighted by Gasteiger charge is 2.13. The van der Waals surface area contributed by atoms with E-state index in [2.05, 4.69) is 15.0 Å². The molecule has 66 valence electrons. The minimum absolute atomic E-state index is 0.0109. The second-order valence-electron chi connectivity index (χ2n) is 2.62. The second-order valence-corrected chi connectivity index (χ2v) is 2.62. The molecule has 2 aromatic heterocycles. The van der Waals surface area contributed by atoms with E-state index in [1.807, 2.05) is 0 Å². The Morgan fingerprint density at radius 1 is 1.62 bits per heavy atom. The molecule has 0 radical (unpaired) electrons. The first kappa shape index (κ1) is 7.66. The molecule has 0 aromatic carbocycles. The minimum Gasteiger partial charge on any atom is -0.343 e. The van der Waals surface area contributed by atoms with Crippen LogP contribution in [-0.4, -0.2) is 19.9 Å². The first-order valence-corrected chi connectivity index (χ1v) is 3.63. The Morgan fingerprint density at radius 2 is 2.38 bits per heavy atom. The van der Waals surface area contributed by atoms with E-state index in [0.29, 0.717) is 16.9 Å². The van der Waals surface area contributed by atoms with Crippen molar-refractivity contribution in [2.24, 2.45) is 0 Å². The van der Waals surface area contributed by atoms with Gasteiger partial charge in [0.1, 0.15) is 5.69 Å². The predicted molar refractivity (Wildman–Crippen MR) is 45.3 cm³/mol. The van der Waals surface area contributed by atoms with E-state index in [1.165, 1.54) is 12.4 Å². The summed E-state index contributed by atoms with van der Waals surface area (Å²) < 4.78 is 0. The van der Waals surface area contributed by atoms with Crippen LogP contribution in [0.25, 0.3) is 11.2 Å². The molecule has 0 aliphatic heterocycles. The third kappa shape index (κ3) is 1.12. The van der Waals surface area contributed by atoms with Gasteiger partial charge in [0.25, 0.3) is 5.69 Å². The Bertz CT molecular complexity index is 476. The molecule has 6 heteroatoms. The zero-order valence-electron chi connectivity index (χ0n) is 6.81. The molecule has 0 aliphatic carbocycles. The third-order valence-electron chi connectivity index (χ3n) is 1.77. The number of aromatic nitrogens is 3. The van der Waals surface area contributed by atoms with Crippen molar-refractivity contribution >= 4 is 16.9 Å². The topological polar surface area (TPSA) is 84.7 Å². The molecule has 13 heavy (non-hydrogen) atoms. The normalized spacial score (nSPS) is 10.5. The quantitative estimate of drug-likeness (QED) is 0.524. The average Bonchev–Trinajstić information content (AvgIpc) is 2.48. The maximum absolute atomic E-state index is 10.5. The smallest absolute Gasteiger partial charge is 0.292 e. The Hall–Kier alpha value is -1.98. The van der Waals surface area contributed by atoms with Crippen LogP contribution in [-0.2, 0) is 0 Å². The van der Waals surface area contributed by atoms with Gasteiger partial charge in [0.15, 0.2) is 5.65 Å². The predicted octanol–water partition coefficient (Wildman–Crippen LogP) is 1.17. The largest absolute Gasteiger partial charge is 0.343 e. The summed E-state index contributed by atoms with van der Waals surface area (Å²) in [6, 6.07) is 1.44. The van der Waals surface area contributed by atoms with Crippen molar-refractivity contribution in [2.45, 2.75) is 6.92 Å².